The molecule has 0 aliphatic heterocycles. The highest BCUT2D eigenvalue weighted by molar-refractivity contribution is 5.69. The molecule has 0 radical (unpaired) electrons. The van der Waals surface area contributed by atoms with Crippen LogP contribution in [0.5, 0.6) is 5.75 Å². The lowest BCUT2D eigenvalue weighted by molar-refractivity contribution is -0.143. The molecule has 118 valence electrons. The summed E-state index contributed by atoms with van der Waals surface area (Å²) in [4.78, 5) is 11.3. The van der Waals surface area contributed by atoms with Gasteiger partial charge in [0, 0.05) is 12.0 Å². The second-order valence-electron chi connectivity index (χ2n) is 4.95. The Balaban J connectivity index is 2.01. The van der Waals surface area contributed by atoms with Crippen molar-refractivity contribution in [2.24, 2.45) is 0 Å². The van der Waals surface area contributed by atoms with Crippen molar-refractivity contribution in [3.8, 4) is 17.6 Å². The van der Waals surface area contributed by atoms with Crippen molar-refractivity contribution in [2.75, 3.05) is 13.7 Å². The molecular weight excluding hydrogens is 288 g/mol. The summed E-state index contributed by atoms with van der Waals surface area (Å²) in [6, 6.07) is 15.6. The summed E-state index contributed by atoms with van der Waals surface area (Å²) in [5, 5.41) is 0. The monoisotopic (exact) mass is 308 g/mol. The lowest BCUT2D eigenvalue weighted by Crippen LogP contribution is -2.05. The molecule has 2 rings (SSSR count). The number of aryl methyl sites for hydroxylation is 1. The molecule has 0 spiro atoms. The summed E-state index contributed by atoms with van der Waals surface area (Å²) in [6.45, 7) is 2.24. The molecule has 0 amide bonds. The van der Waals surface area contributed by atoms with Crippen LogP contribution in [0, 0.1) is 11.8 Å². The number of para-hydroxylation sites is 1. The van der Waals surface area contributed by atoms with Gasteiger partial charge in [-0.15, -0.1) is 0 Å². The van der Waals surface area contributed by atoms with Gasteiger partial charge in [-0.25, -0.2) is 0 Å². The molecule has 0 saturated carbocycles. The van der Waals surface area contributed by atoms with E-state index in [2.05, 4.69) is 11.8 Å². The molecule has 0 aromatic heterocycles. The summed E-state index contributed by atoms with van der Waals surface area (Å²) in [5.41, 5.74) is 2.89. The summed E-state index contributed by atoms with van der Waals surface area (Å²) in [7, 11) is 1.64. The van der Waals surface area contributed by atoms with Crippen LogP contribution >= 0.6 is 0 Å². The molecule has 0 heterocycles. The van der Waals surface area contributed by atoms with E-state index in [9.17, 15) is 4.79 Å². The van der Waals surface area contributed by atoms with E-state index in [4.69, 9.17) is 9.47 Å². The fourth-order valence-corrected chi connectivity index (χ4v) is 2.12. The quantitative estimate of drug-likeness (QED) is 0.625. The maximum atomic E-state index is 11.3. The molecule has 2 aromatic carbocycles. The Bertz CT molecular complexity index is 706. The highest BCUT2D eigenvalue weighted by atomic mass is 16.5. The molecule has 2 aromatic rings. The highest BCUT2D eigenvalue weighted by Crippen LogP contribution is 2.16. The maximum absolute atomic E-state index is 11.3. The first-order valence-corrected chi connectivity index (χ1v) is 7.62. The van der Waals surface area contributed by atoms with Gasteiger partial charge in [-0.05, 0) is 43.2 Å². The second kappa shape index (κ2) is 8.65. The zero-order valence-corrected chi connectivity index (χ0v) is 13.5. The second-order valence-corrected chi connectivity index (χ2v) is 4.95. The van der Waals surface area contributed by atoms with E-state index >= 15 is 0 Å². The van der Waals surface area contributed by atoms with Gasteiger partial charge in [-0.3, -0.25) is 4.79 Å². The van der Waals surface area contributed by atoms with Gasteiger partial charge in [0.05, 0.1) is 19.3 Å². The minimum absolute atomic E-state index is 0.160. The number of hydrogen-bond acceptors (Lipinski definition) is 3. The summed E-state index contributed by atoms with van der Waals surface area (Å²) < 4.78 is 10.2. The van der Waals surface area contributed by atoms with Gasteiger partial charge >= 0.3 is 5.97 Å². The Labute approximate surface area is 137 Å². The van der Waals surface area contributed by atoms with Crippen molar-refractivity contribution in [2.45, 2.75) is 19.8 Å². The lowest BCUT2D eigenvalue weighted by Gasteiger charge is -2.02. The van der Waals surface area contributed by atoms with Crippen LogP contribution in [0.4, 0.5) is 0 Å². The van der Waals surface area contributed by atoms with Crippen molar-refractivity contribution in [3.05, 3.63) is 65.2 Å². The number of carbonyl (C=O) groups is 1. The molecule has 0 fully saturated rings. The highest BCUT2D eigenvalue weighted by Gasteiger charge is 2.02. The minimum Gasteiger partial charge on any atom is -0.495 e. The number of carbonyl (C=O) groups excluding carboxylic acids is 1. The molecular formula is C20H20O3. The van der Waals surface area contributed by atoms with Gasteiger partial charge in [0.1, 0.15) is 5.75 Å². The molecule has 0 saturated heterocycles. The van der Waals surface area contributed by atoms with E-state index in [1.165, 1.54) is 0 Å². The topological polar surface area (TPSA) is 35.5 Å². The molecule has 3 heteroatoms. The van der Waals surface area contributed by atoms with Crippen LogP contribution in [0.15, 0.2) is 48.5 Å². The number of rotatable bonds is 5. The third kappa shape index (κ3) is 5.19. The van der Waals surface area contributed by atoms with Crippen molar-refractivity contribution < 1.29 is 14.3 Å². The SMILES string of the molecule is CCOC(=O)CCc1ccc(C#Cc2ccccc2OC)cc1. The number of hydrogen-bond donors (Lipinski definition) is 0. The number of ether oxygens (including phenoxy) is 2. The number of esters is 1. The van der Waals surface area contributed by atoms with Gasteiger partial charge < -0.3 is 9.47 Å². The van der Waals surface area contributed by atoms with E-state index in [1.54, 1.807) is 7.11 Å². The van der Waals surface area contributed by atoms with Crippen LogP contribution < -0.4 is 4.74 Å². The average molecular weight is 308 g/mol. The Kier molecular flexibility index (Phi) is 6.26. The molecule has 3 nitrogen and oxygen atoms in total. The van der Waals surface area contributed by atoms with Crippen molar-refractivity contribution in [1.29, 1.82) is 0 Å². The molecule has 0 bridgehead atoms. The normalized spacial score (nSPS) is 9.65. The smallest absolute Gasteiger partial charge is 0.306 e. The van der Waals surface area contributed by atoms with Crippen molar-refractivity contribution in [3.63, 3.8) is 0 Å². The van der Waals surface area contributed by atoms with Gasteiger partial charge in [-0.2, -0.15) is 0 Å². The standard InChI is InChI=1S/C20H20O3/c1-3-23-20(21)15-13-17-10-8-16(9-11-17)12-14-18-6-4-5-7-19(18)22-2/h4-11H,3,13,15H2,1-2H3. The maximum Gasteiger partial charge on any atom is 0.306 e. The third-order valence-corrected chi connectivity index (χ3v) is 3.33. The Morgan fingerprint density at radius 2 is 1.78 bits per heavy atom. The first-order valence-electron chi connectivity index (χ1n) is 7.62. The van der Waals surface area contributed by atoms with E-state index in [1.807, 2.05) is 55.5 Å². The van der Waals surface area contributed by atoms with Crippen LogP contribution in [-0.4, -0.2) is 19.7 Å². The van der Waals surface area contributed by atoms with E-state index in [0.717, 1.165) is 22.4 Å². The summed E-state index contributed by atoms with van der Waals surface area (Å²) >= 11 is 0. The van der Waals surface area contributed by atoms with Crippen molar-refractivity contribution in [1.82, 2.24) is 0 Å². The van der Waals surface area contributed by atoms with Gasteiger partial charge in [0.15, 0.2) is 0 Å². The van der Waals surface area contributed by atoms with E-state index in [0.29, 0.717) is 19.4 Å². The Morgan fingerprint density at radius 1 is 1.04 bits per heavy atom. The molecule has 0 N–H and O–H groups in total. The fourth-order valence-electron chi connectivity index (χ4n) is 2.12. The van der Waals surface area contributed by atoms with Crippen LogP contribution in [0.1, 0.15) is 30.0 Å². The molecule has 0 unspecified atom stereocenters. The third-order valence-electron chi connectivity index (χ3n) is 3.33. The largest absolute Gasteiger partial charge is 0.495 e. The molecule has 0 aliphatic rings. The zero-order chi connectivity index (χ0) is 16.5. The van der Waals surface area contributed by atoms with E-state index in [-0.39, 0.29) is 5.97 Å². The fraction of sp³-hybridized carbons (Fsp3) is 0.250. The van der Waals surface area contributed by atoms with Crippen molar-refractivity contribution >= 4 is 5.97 Å². The first-order chi connectivity index (χ1) is 11.2. The lowest BCUT2D eigenvalue weighted by atomic mass is 10.1. The predicted octanol–water partition coefficient (Wildman–Crippen LogP) is 3.59. The molecule has 23 heavy (non-hydrogen) atoms. The van der Waals surface area contributed by atoms with Crippen LogP contribution in [0.25, 0.3) is 0 Å². The van der Waals surface area contributed by atoms with Gasteiger partial charge in [0.25, 0.3) is 0 Å². The average Bonchev–Trinajstić information content (AvgIpc) is 2.59. The summed E-state index contributed by atoms with van der Waals surface area (Å²) in [5.74, 6) is 6.85. The first kappa shape index (κ1) is 16.6. The van der Waals surface area contributed by atoms with Crippen LogP contribution in [0.3, 0.4) is 0 Å². The van der Waals surface area contributed by atoms with Gasteiger partial charge in [-0.1, -0.05) is 36.1 Å². The zero-order valence-electron chi connectivity index (χ0n) is 13.5. The van der Waals surface area contributed by atoms with Gasteiger partial charge in [0.2, 0.25) is 0 Å². The number of methoxy groups -OCH3 is 1. The molecule has 0 aliphatic carbocycles. The predicted molar refractivity (Wildman–Crippen MR) is 90.4 cm³/mol. The minimum atomic E-state index is -0.160. The van der Waals surface area contributed by atoms with E-state index < -0.39 is 0 Å². The Hall–Kier alpha value is -2.73. The number of benzene rings is 2. The Morgan fingerprint density at radius 3 is 2.48 bits per heavy atom. The molecule has 0 atom stereocenters. The summed E-state index contributed by atoms with van der Waals surface area (Å²) in [6.07, 6.45) is 1.08. The van der Waals surface area contributed by atoms with Crippen LogP contribution in [0.2, 0.25) is 0 Å². The van der Waals surface area contributed by atoms with Crippen LogP contribution in [-0.2, 0) is 16.0 Å².